The highest BCUT2D eigenvalue weighted by Gasteiger charge is 2.34. The Kier molecular flexibility index (Phi) is 8.83. The van der Waals surface area contributed by atoms with Crippen LogP contribution in [0.3, 0.4) is 0 Å². The van der Waals surface area contributed by atoms with Gasteiger partial charge in [0.1, 0.15) is 0 Å². The highest BCUT2D eigenvalue weighted by Crippen LogP contribution is 2.37. The van der Waals surface area contributed by atoms with Gasteiger partial charge in [0.25, 0.3) is 11.8 Å². The van der Waals surface area contributed by atoms with Crippen LogP contribution in [0.5, 0.6) is 5.75 Å². The summed E-state index contributed by atoms with van der Waals surface area (Å²) < 4.78 is 10.3. The molecule has 0 aromatic heterocycles. The fourth-order valence-corrected chi connectivity index (χ4v) is 4.93. The van der Waals surface area contributed by atoms with Gasteiger partial charge in [-0.1, -0.05) is 52.6 Å². The van der Waals surface area contributed by atoms with Crippen molar-refractivity contribution < 1.29 is 23.9 Å². The van der Waals surface area contributed by atoms with Gasteiger partial charge in [-0.15, -0.1) is 0 Å². The molecule has 0 aliphatic carbocycles. The highest BCUT2D eigenvalue weighted by molar-refractivity contribution is 8.26. The van der Waals surface area contributed by atoms with Crippen LogP contribution in [-0.2, 0) is 14.3 Å². The van der Waals surface area contributed by atoms with E-state index >= 15 is 0 Å². The quantitative estimate of drug-likeness (QED) is 0.275. The first-order valence-corrected chi connectivity index (χ1v) is 12.1. The van der Waals surface area contributed by atoms with Crippen molar-refractivity contribution in [1.29, 1.82) is 0 Å². The number of nitrogens with one attached hydrogen (secondary N) is 1. The molecule has 1 N–H and O–H groups in total. The van der Waals surface area contributed by atoms with Crippen molar-refractivity contribution >= 4 is 87.0 Å². The van der Waals surface area contributed by atoms with Crippen LogP contribution in [0.15, 0.2) is 35.2 Å². The van der Waals surface area contributed by atoms with Crippen LogP contribution in [0.2, 0.25) is 15.1 Å². The van der Waals surface area contributed by atoms with Crippen molar-refractivity contribution in [2.24, 2.45) is 0 Å². The molecule has 1 heterocycles. The third-order valence-corrected chi connectivity index (χ3v) is 6.51. The summed E-state index contributed by atoms with van der Waals surface area (Å²) in [6, 6.07) is 7.99. The number of hydrogen-bond donors (Lipinski definition) is 1. The summed E-state index contributed by atoms with van der Waals surface area (Å²) in [6.07, 6.45) is 1.52. The molecule has 0 atom stereocenters. The second-order valence-corrected chi connectivity index (χ2v) is 9.75. The number of carbonyl (C=O) groups is 3. The van der Waals surface area contributed by atoms with Crippen molar-refractivity contribution in [2.75, 3.05) is 13.2 Å². The normalized spacial score (nSPS) is 14.5. The number of rotatable bonds is 7. The van der Waals surface area contributed by atoms with E-state index in [1.54, 1.807) is 25.1 Å². The smallest absolute Gasteiger partial charge is 0.344 e. The Morgan fingerprint density at radius 2 is 1.82 bits per heavy atom. The van der Waals surface area contributed by atoms with Gasteiger partial charge in [-0.2, -0.15) is 5.01 Å². The standard InChI is InChI=1S/C22H17Cl3N2O5S2/c1-3-31-18(28)10-32-19-15(24)7-12(8-16(19)25)9-17-21(30)27(22(33)34-17)26-20(29)13-5-4-11(2)6-14(13)23/h4-9H,3,10H2,1-2H3,(H,26,29)/b17-9-. The SMILES string of the molecule is CCOC(=O)COc1c(Cl)cc(/C=C2\SC(=S)N(NC(=O)c3ccc(C)cc3Cl)C2=O)cc1Cl. The maximum Gasteiger partial charge on any atom is 0.344 e. The second kappa shape index (κ2) is 11.4. The monoisotopic (exact) mass is 558 g/mol. The van der Waals surface area contributed by atoms with Crippen LogP contribution in [-0.4, -0.2) is 40.3 Å². The van der Waals surface area contributed by atoms with Gasteiger partial charge < -0.3 is 9.47 Å². The molecule has 0 spiro atoms. The molecule has 1 fully saturated rings. The minimum atomic E-state index is -0.572. The summed E-state index contributed by atoms with van der Waals surface area (Å²) in [6.45, 7) is 3.39. The van der Waals surface area contributed by atoms with Crippen molar-refractivity contribution in [3.63, 3.8) is 0 Å². The first-order chi connectivity index (χ1) is 16.1. The summed E-state index contributed by atoms with van der Waals surface area (Å²) in [5.41, 5.74) is 4.08. The van der Waals surface area contributed by atoms with Gasteiger partial charge in [0.2, 0.25) is 0 Å². The lowest BCUT2D eigenvalue weighted by Gasteiger charge is -2.16. The lowest BCUT2D eigenvalue weighted by Crippen LogP contribution is -2.44. The van der Waals surface area contributed by atoms with Gasteiger partial charge in [0.15, 0.2) is 16.7 Å². The van der Waals surface area contributed by atoms with Crippen molar-refractivity contribution in [3.05, 3.63) is 67.0 Å². The lowest BCUT2D eigenvalue weighted by atomic mass is 10.1. The number of thioether (sulfide) groups is 1. The number of hydrogen-bond acceptors (Lipinski definition) is 7. The van der Waals surface area contributed by atoms with Gasteiger partial charge in [-0.25, -0.2) is 4.79 Å². The molecule has 1 aliphatic rings. The van der Waals surface area contributed by atoms with Gasteiger partial charge in [0, 0.05) is 0 Å². The van der Waals surface area contributed by atoms with Gasteiger partial charge in [-0.3, -0.25) is 15.0 Å². The van der Waals surface area contributed by atoms with E-state index in [9.17, 15) is 14.4 Å². The van der Waals surface area contributed by atoms with Crippen molar-refractivity contribution in [1.82, 2.24) is 10.4 Å². The highest BCUT2D eigenvalue weighted by atomic mass is 35.5. The van der Waals surface area contributed by atoms with Crippen molar-refractivity contribution in [3.8, 4) is 5.75 Å². The summed E-state index contributed by atoms with van der Waals surface area (Å²) in [5.74, 6) is -1.54. The fourth-order valence-electron chi connectivity index (χ4n) is 2.82. The average molecular weight is 560 g/mol. The third kappa shape index (κ3) is 6.22. The van der Waals surface area contributed by atoms with E-state index in [0.717, 1.165) is 22.3 Å². The van der Waals surface area contributed by atoms with Gasteiger partial charge in [0.05, 0.1) is 32.1 Å². The lowest BCUT2D eigenvalue weighted by molar-refractivity contribution is -0.145. The van der Waals surface area contributed by atoms with E-state index in [4.69, 9.17) is 56.5 Å². The second-order valence-electron chi connectivity index (χ2n) is 6.85. The maximum atomic E-state index is 12.9. The van der Waals surface area contributed by atoms with E-state index in [2.05, 4.69) is 5.43 Å². The van der Waals surface area contributed by atoms with E-state index < -0.39 is 17.8 Å². The zero-order chi connectivity index (χ0) is 25.0. The number of benzene rings is 2. The van der Waals surface area contributed by atoms with Gasteiger partial charge in [-0.05, 0) is 67.5 Å². The van der Waals surface area contributed by atoms with Crippen LogP contribution in [0.4, 0.5) is 0 Å². The van der Waals surface area contributed by atoms with Gasteiger partial charge >= 0.3 is 5.97 Å². The molecule has 3 rings (SSSR count). The van der Waals surface area contributed by atoms with Crippen LogP contribution in [0.1, 0.15) is 28.4 Å². The Morgan fingerprint density at radius 1 is 1.15 bits per heavy atom. The van der Waals surface area contributed by atoms with E-state index in [0.29, 0.717) is 5.56 Å². The summed E-state index contributed by atoms with van der Waals surface area (Å²) in [7, 11) is 0. The fraction of sp³-hybridized carbons (Fsp3) is 0.182. The molecule has 0 saturated carbocycles. The number of esters is 1. The molecule has 2 aromatic carbocycles. The number of hydrazine groups is 1. The third-order valence-electron chi connectivity index (χ3n) is 4.33. The van der Waals surface area contributed by atoms with E-state index in [1.165, 1.54) is 18.2 Å². The Morgan fingerprint density at radius 3 is 2.44 bits per heavy atom. The number of carbonyl (C=O) groups excluding carboxylic acids is 3. The number of halogens is 3. The molecule has 2 aromatic rings. The van der Waals surface area contributed by atoms with Crippen LogP contribution in [0.25, 0.3) is 6.08 Å². The predicted molar refractivity (Wildman–Crippen MR) is 137 cm³/mol. The molecule has 0 unspecified atom stereocenters. The average Bonchev–Trinajstić information content (AvgIpc) is 3.00. The summed E-state index contributed by atoms with van der Waals surface area (Å²) in [5, 5.41) is 1.51. The molecule has 2 amide bonds. The van der Waals surface area contributed by atoms with E-state index in [1.807, 2.05) is 6.92 Å². The molecule has 1 aliphatic heterocycles. The number of thiocarbonyl (C=S) groups is 1. The first-order valence-electron chi connectivity index (χ1n) is 9.73. The first kappa shape index (κ1) is 26.3. The Bertz CT molecular complexity index is 1200. The number of nitrogens with zero attached hydrogens (tertiary/aromatic N) is 1. The summed E-state index contributed by atoms with van der Waals surface area (Å²) >= 11 is 24.9. The Labute approximate surface area is 220 Å². The molecular weight excluding hydrogens is 543 g/mol. The molecule has 1 saturated heterocycles. The zero-order valence-electron chi connectivity index (χ0n) is 17.8. The van der Waals surface area contributed by atoms with E-state index in [-0.39, 0.29) is 48.8 Å². The molecule has 178 valence electrons. The molecular formula is C22H17Cl3N2O5S2. The largest absolute Gasteiger partial charge is 0.479 e. The predicted octanol–water partition coefficient (Wildman–Crippen LogP) is 5.44. The van der Waals surface area contributed by atoms with Crippen LogP contribution >= 0.6 is 58.8 Å². The van der Waals surface area contributed by atoms with Crippen LogP contribution in [0, 0.1) is 6.92 Å². The maximum absolute atomic E-state index is 12.9. The summed E-state index contributed by atoms with van der Waals surface area (Å²) in [4.78, 5) is 37.2. The minimum Gasteiger partial charge on any atom is -0.479 e. The van der Waals surface area contributed by atoms with Crippen LogP contribution < -0.4 is 10.2 Å². The van der Waals surface area contributed by atoms with Crippen molar-refractivity contribution in [2.45, 2.75) is 13.8 Å². The molecule has 7 nitrogen and oxygen atoms in total. The number of ether oxygens (including phenoxy) is 2. The number of aryl methyl sites for hydroxylation is 1. The molecule has 12 heteroatoms. The number of amides is 2. The Hall–Kier alpha value is -2.30. The minimum absolute atomic E-state index is 0.114. The molecule has 0 bridgehead atoms. The molecule has 34 heavy (non-hydrogen) atoms. The molecule has 0 radical (unpaired) electrons. The Balaban J connectivity index is 1.75. The topological polar surface area (TPSA) is 84.9 Å². The zero-order valence-corrected chi connectivity index (χ0v) is 21.7.